The third-order valence-electron chi connectivity index (χ3n) is 3.33. The molecule has 6 nitrogen and oxygen atoms in total. The lowest BCUT2D eigenvalue weighted by molar-refractivity contribution is -0.116. The maximum absolute atomic E-state index is 12.4. The van der Waals surface area contributed by atoms with Crippen LogP contribution in [0.15, 0.2) is 24.5 Å². The SMILES string of the molecule is CC(=O)N(CC(C)C)c1nc(C)c(C(=O)NCc2cccnc2)s1. The van der Waals surface area contributed by atoms with Gasteiger partial charge in [0.25, 0.3) is 5.91 Å². The second-order valence-corrected chi connectivity index (χ2v) is 6.96. The van der Waals surface area contributed by atoms with Gasteiger partial charge in [-0.3, -0.25) is 19.5 Å². The Bertz CT molecular complexity index is 713. The number of aryl methyl sites for hydroxylation is 1. The van der Waals surface area contributed by atoms with E-state index in [0.29, 0.717) is 34.7 Å². The molecule has 0 saturated heterocycles. The molecule has 0 fully saturated rings. The summed E-state index contributed by atoms with van der Waals surface area (Å²) in [4.78, 5) is 34.9. The number of nitrogens with zero attached hydrogens (tertiary/aromatic N) is 3. The lowest BCUT2D eigenvalue weighted by Crippen LogP contribution is -2.32. The summed E-state index contributed by atoms with van der Waals surface area (Å²) in [6, 6.07) is 3.73. The van der Waals surface area contributed by atoms with E-state index in [-0.39, 0.29) is 11.8 Å². The highest BCUT2D eigenvalue weighted by Crippen LogP contribution is 2.27. The van der Waals surface area contributed by atoms with Crippen molar-refractivity contribution in [3.05, 3.63) is 40.7 Å². The summed E-state index contributed by atoms with van der Waals surface area (Å²) in [6.07, 6.45) is 3.40. The van der Waals surface area contributed by atoms with Crippen LogP contribution in [0.1, 0.15) is 41.7 Å². The Morgan fingerprint density at radius 1 is 1.38 bits per heavy atom. The molecule has 2 heterocycles. The van der Waals surface area contributed by atoms with Gasteiger partial charge in [0.1, 0.15) is 4.88 Å². The van der Waals surface area contributed by atoms with Crippen molar-refractivity contribution < 1.29 is 9.59 Å². The van der Waals surface area contributed by atoms with Crippen LogP contribution >= 0.6 is 11.3 Å². The van der Waals surface area contributed by atoms with Gasteiger partial charge in [0.15, 0.2) is 5.13 Å². The number of anilines is 1. The Labute approximate surface area is 145 Å². The molecule has 0 saturated carbocycles. The molecule has 2 aromatic rings. The van der Waals surface area contributed by atoms with Gasteiger partial charge >= 0.3 is 0 Å². The maximum Gasteiger partial charge on any atom is 0.263 e. The molecule has 7 heteroatoms. The first-order valence-electron chi connectivity index (χ1n) is 7.81. The molecular weight excluding hydrogens is 324 g/mol. The summed E-state index contributed by atoms with van der Waals surface area (Å²) >= 11 is 1.25. The molecule has 0 aliphatic carbocycles. The Morgan fingerprint density at radius 3 is 2.71 bits per heavy atom. The number of nitrogens with one attached hydrogen (secondary N) is 1. The molecule has 0 aliphatic rings. The summed E-state index contributed by atoms with van der Waals surface area (Å²) in [5.41, 5.74) is 1.56. The van der Waals surface area contributed by atoms with Crippen molar-refractivity contribution in [2.75, 3.05) is 11.4 Å². The van der Waals surface area contributed by atoms with Gasteiger partial charge in [0, 0.05) is 32.4 Å². The third-order valence-corrected chi connectivity index (χ3v) is 4.51. The standard InChI is InChI=1S/C17H22N4O2S/c1-11(2)10-21(13(4)22)17-20-12(3)15(24-17)16(23)19-9-14-6-5-7-18-8-14/h5-8,11H,9-10H2,1-4H3,(H,19,23). The number of carbonyl (C=O) groups is 2. The molecule has 0 spiro atoms. The van der Waals surface area contributed by atoms with E-state index in [2.05, 4.69) is 15.3 Å². The molecule has 0 aromatic carbocycles. The Hall–Kier alpha value is -2.28. The van der Waals surface area contributed by atoms with E-state index >= 15 is 0 Å². The van der Waals surface area contributed by atoms with E-state index in [1.54, 1.807) is 24.2 Å². The minimum absolute atomic E-state index is 0.0697. The van der Waals surface area contributed by atoms with E-state index < -0.39 is 0 Å². The largest absolute Gasteiger partial charge is 0.347 e. The molecule has 0 atom stereocenters. The average Bonchev–Trinajstić information content (AvgIpc) is 2.92. The molecule has 0 radical (unpaired) electrons. The second kappa shape index (κ2) is 8.01. The molecule has 128 valence electrons. The highest BCUT2D eigenvalue weighted by molar-refractivity contribution is 7.17. The van der Waals surface area contributed by atoms with Crippen LogP contribution in [0, 0.1) is 12.8 Å². The van der Waals surface area contributed by atoms with E-state index in [1.165, 1.54) is 18.3 Å². The highest BCUT2D eigenvalue weighted by atomic mass is 32.1. The van der Waals surface area contributed by atoms with Crippen LogP contribution in [0.4, 0.5) is 5.13 Å². The molecule has 2 aromatic heterocycles. The van der Waals surface area contributed by atoms with Crippen molar-refractivity contribution in [1.29, 1.82) is 0 Å². The minimum atomic E-state index is -0.187. The first kappa shape index (κ1) is 18.1. The van der Waals surface area contributed by atoms with Gasteiger partial charge in [0.2, 0.25) is 5.91 Å². The number of aromatic nitrogens is 2. The van der Waals surface area contributed by atoms with Crippen LogP contribution in [0.3, 0.4) is 0 Å². The Morgan fingerprint density at radius 2 is 2.12 bits per heavy atom. The zero-order valence-electron chi connectivity index (χ0n) is 14.4. The van der Waals surface area contributed by atoms with Crippen molar-refractivity contribution in [1.82, 2.24) is 15.3 Å². The first-order chi connectivity index (χ1) is 11.4. The fourth-order valence-electron chi connectivity index (χ4n) is 2.18. The van der Waals surface area contributed by atoms with E-state index in [4.69, 9.17) is 0 Å². The zero-order valence-corrected chi connectivity index (χ0v) is 15.2. The number of hydrogen-bond acceptors (Lipinski definition) is 5. The van der Waals surface area contributed by atoms with E-state index in [9.17, 15) is 9.59 Å². The average molecular weight is 346 g/mol. The van der Waals surface area contributed by atoms with Gasteiger partial charge in [-0.2, -0.15) is 0 Å². The summed E-state index contributed by atoms with van der Waals surface area (Å²) in [5, 5.41) is 3.44. The summed E-state index contributed by atoms with van der Waals surface area (Å²) in [6.45, 7) is 8.37. The van der Waals surface area contributed by atoms with Crippen LogP contribution in [0.5, 0.6) is 0 Å². The van der Waals surface area contributed by atoms with Crippen LogP contribution in [0.25, 0.3) is 0 Å². The van der Waals surface area contributed by atoms with Crippen LogP contribution in [-0.4, -0.2) is 28.3 Å². The number of amides is 2. The Kier molecular flexibility index (Phi) is 6.03. The number of carbonyl (C=O) groups excluding carboxylic acids is 2. The molecule has 1 N–H and O–H groups in total. The van der Waals surface area contributed by atoms with E-state index in [1.807, 2.05) is 26.0 Å². The monoisotopic (exact) mass is 346 g/mol. The topological polar surface area (TPSA) is 75.2 Å². The molecule has 2 amide bonds. The smallest absolute Gasteiger partial charge is 0.263 e. The number of rotatable bonds is 6. The fraction of sp³-hybridized carbons (Fsp3) is 0.412. The predicted octanol–water partition coefficient (Wildman–Crippen LogP) is 2.79. The minimum Gasteiger partial charge on any atom is -0.347 e. The lowest BCUT2D eigenvalue weighted by Gasteiger charge is -2.19. The van der Waals surface area contributed by atoms with Crippen molar-refractivity contribution in [2.24, 2.45) is 5.92 Å². The van der Waals surface area contributed by atoms with Gasteiger partial charge < -0.3 is 5.32 Å². The van der Waals surface area contributed by atoms with Crippen LogP contribution in [0.2, 0.25) is 0 Å². The zero-order chi connectivity index (χ0) is 17.7. The van der Waals surface area contributed by atoms with Crippen molar-refractivity contribution in [2.45, 2.75) is 34.2 Å². The summed E-state index contributed by atoms with van der Waals surface area (Å²) in [5.74, 6) is 0.0638. The van der Waals surface area contributed by atoms with Crippen LogP contribution < -0.4 is 10.2 Å². The Balaban J connectivity index is 2.12. The fourth-order valence-corrected chi connectivity index (χ4v) is 3.22. The van der Waals surface area contributed by atoms with Crippen molar-refractivity contribution in [3.63, 3.8) is 0 Å². The van der Waals surface area contributed by atoms with Gasteiger partial charge in [-0.05, 0) is 24.5 Å². The quantitative estimate of drug-likeness (QED) is 0.873. The first-order valence-corrected chi connectivity index (χ1v) is 8.62. The van der Waals surface area contributed by atoms with Gasteiger partial charge in [0.05, 0.1) is 5.69 Å². The third kappa shape index (κ3) is 4.61. The second-order valence-electron chi connectivity index (χ2n) is 5.98. The molecule has 0 bridgehead atoms. The summed E-state index contributed by atoms with van der Waals surface area (Å²) < 4.78 is 0. The number of hydrogen-bond donors (Lipinski definition) is 1. The number of thiazole rings is 1. The highest BCUT2D eigenvalue weighted by Gasteiger charge is 2.21. The summed E-state index contributed by atoms with van der Waals surface area (Å²) in [7, 11) is 0. The maximum atomic E-state index is 12.4. The molecule has 0 aliphatic heterocycles. The predicted molar refractivity (Wildman–Crippen MR) is 95.1 cm³/mol. The van der Waals surface area contributed by atoms with E-state index in [0.717, 1.165) is 5.56 Å². The van der Waals surface area contributed by atoms with Gasteiger partial charge in [-0.15, -0.1) is 0 Å². The van der Waals surface area contributed by atoms with Crippen molar-refractivity contribution in [3.8, 4) is 0 Å². The molecule has 0 unspecified atom stereocenters. The van der Waals surface area contributed by atoms with Gasteiger partial charge in [-0.1, -0.05) is 31.3 Å². The van der Waals surface area contributed by atoms with Crippen molar-refractivity contribution >= 4 is 28.3 Å². The molecule has 24 heavy (non-hydrogen) atoms. The van der Waals surface area contributed by atoms with Gasteiger partial charge in [-0.25, -0.2) is 4.98 Å². The number of pyridine rings is 1. The molecular formula is C17H22N4O2S. The van der Waals surface area contributed by atoms with Crippen LogP contribution in [-0.2, 0) is 11.3 Å². The normalized spacial score (nSPS) is 10.7. The lowest BCUT2D eigenvalue weighted by atomic mass is 10.2. The molecule has 2 rings (SSSR count).